The second-order valence-corrected chi connectivity index (χ2v) is 6.51. The predicted molar refractivity (Wildman–Crippen MR) is 109 cm³/mol. The molecule has 0 aliphatic carbocycles. The molecule has 0 amide bonds. The highest BCUT2D eigenvalue weighted by Crippen LogP contribution is 2.12. The van der Waals surface area contributed by atoms with Crippen LogP contribution in [0, 0.1) is 0 Å². The van der Waals surface area contributed by atoms with Crippen molar-refractivity contribution < 1.29 is 19.4 Å². The number of rotatable bonds is 17. The van der Waals surface area contributed by atoms with Crippen LogP contribution in [0.25, 0.3) is 0 Å². The van der Waals surface area contributed by atoms with Gasteiger partial charge >= 0.3 is 11.9 Å². The zero-order valence-electron chi connectivity index (χ0n) is 16.8. The fraction of sp³-hybridized carbons (Fsp3) is 0.727. The summed E-state index contributed by atoms with van der Waals surface area (Å²) >= 11 is 0. The monoisotopic (exact) mass is 368 g/mol. The number of ether oxygens (including phenoxy) is 1. The zero-order valence-corrected chi connectivity index (χ0v) is 16.8. The van der Waals surface area contributed by atoms with Crippen molar-refractivity contribution in [3.8, 4) is 0 Å². The van der Waals surface area contributed by atoms with Crippen molar-refractivity contribution in [1.82, 2.24) is 0 Å². The van der Waals surface area contributed by atoms with Crippen molar-refractivity contribution >= 4 is 11.9 Å². The predicted octanol–water partition coefficient (Wildman–Crippen LogP) is 6.45. The molecule has 4 nitrogen and oxygen atoms in total. The lowest BCUT2D eigenvalue weighted by atomic mass is 10.0. The molecule has 0 bridgehead atoms. The van der Waals surface area contributed by atoms with E-state index in [0.717, 1.165) is 12.5 Å². The van der Waals surface area contributed by atoms with Crippen LogP contribution in [0.2, 0.25) is 0 Å². The molecule has 0 aromatic rings. The Labute approximate surface area is 160 Å². The molecule has 0 saturated heterocycles. The first-order valence-corrected chi connectivity index (χ1v) is 10.2. The minimum absolute atomic E-state index is 0.301. The van der Waals surface area contributed by atoms with Crippen LogP contribution in [0.3, 0.4) is 0 Å². The maximum atomic E-state index is 10.8. The summed E-state index contributed by atoms with van der Waals surface area (Å²) in [7, 11) is 0. The molecule has 0 aliphatic heterocycles. The Hall–Kier alpha value is -1.58. The standard InChI is InChI=1S/C19H36O2.C3H4O2/c1-3-5-6-7-8-9-10-11-12-13-14-15-16-17-18-21-19(20)4-2;1-2-3(4)5/h4H,2-3,5-18H2,1H3;2H,1H2,(H,4,5). The second kappa shape index (κ2) is 23.4. The number of carbonyl (C=O) groups excluding carboxylic acids is 1. The molecule has 0 atom stereocenters. The third-order valence-electron chi connectivity index (χ3n) is 4.08. The van der Waals surface area contributed by atoms with Gasteiger partial charge in [-0.2, -0.15) is 0 Å². The molecule has 4 heteroatoms. The summed E-state index contributed by atoms with van der Waals surface area (Å²) in [5.74, 6) is -1.28. The lowest BCUT2D eigenvalue weighted by Crippen LogP contribution is -2.01. The topological polar surface area (TPSA) is 63.6 Å². The molecule has 0 aromatic carbocycles. The molecule has 0 aromatic heterocycles. The van der Waals surface area contributed by atoms with Crippen molar-refractivity contribution in [2.24, 2.45) is 0 Å². The highest BCUT2D eigenvalue weighted by atomic mass is 16.5. The van der Waals surface area contributed by atoms with E-state index in [4.69, 9.17) is 9.84 Å². The summed E-state index contributed by atoms with van der Waals surface area (Å²) in [5.41, 5.74) is 0. The van der Waals surface area contributed by atoms with Crippen LogP contribution >= 0.6 is 0 Å². The molecule has 0 heterocycles. The first kappa shape index (κ1) is 26.6. The largest absolute Gasteiger partial charge is 0.478 e. The zero-order chi connectivity index (χ0) is 19.9. The van der Waals surface area contributed by atoms with Crippen LogP contribution in [0.5, 0.6) is 0 Å². The number of unbranched alkanes of at least 4 members (excludes halogenated alkanes) is 13. The molecule has 0 aliphatic rings. The third-order valence-corrected chi connectivity index (χ3v) is 4.08. The van der Waals surface area contributed by atoms with Gasteiger partial charge in [0.1, 0.15) is 0 Å². The Morgan fingerprint density at radius 3 is 1.38 bits per heavy atom. The van der Waals surface area contributed by atoms with E-state index >= 15 is 0 Å². The van der Waals surface area contributed by atoms with Crippen LogP contribution in [-0.2, 0) is 14.3 Å². The van der Waals surface area contributed by atoms with Crippen LogP contribution < -0.4 is 0 Å². The van der Waals surface area contributed by atoms with Gasteiger partial charge in [-0.1, -0.05) is 104 Å². The van der Waals surface area contributed by atoms with Gasteiger partial charge in [0.05, 0.1) is 6.61 Å². The highest BCUT2D eigenvalue weighted by molar-refractivity contribution is 5.81. The van der Waals surface area contributed by atoms with E-state index in [-0.39, 0.29) is 5.97 Å². The van der Waals surface area contributed by atoms with Gasteiger partial charge in [0, 0.05) is 12.2 Å². The summed E-state index contributed by atoms with van der Waals surface area (Å²) in [5, 5.41) is 7.60. The van der Waals surface area contributed by atoms with E-state index in [1.165, 1.54) is 89.5 Å². The molecule has 0 spiro atoms. The van der Waals surface area contributed by atoms with Crippen LogP contribution in [0.15, 0.2) is 25.3 Å². The average Bonchev–Trinajstić information content (AvgIpc) is 2.65. The SMILES string of the molecule is C=CC(=O)O.C=CC(=O)OCCCCCCCCCCCCCCCC. The summed E-state index contributed by atoms with van der Waals surface area (Å²) in [6.07, 6.45) is 20.9. The minimum atomic E-state index is -0.981. The van der Waals surface area contributed by atoms with Crippen molar-refractivity contribution in [3.05, 3.63) is 25.3 Å². The van der Waals surface area contributed by atoms with Gasteiger partial charge in [0.15, 0.2) is 0 Å². The van der Waals surface area contributed by atoms with Gasteiger partial charge in [0.2, 0.25) is 0 Å². The van der Waals surface area contributed by atoms with E-state index in [0.29, 0.717) is 6.61 Å². The number of esters is 1. The summed E-state index contributed by atoms with van der Waals surface area (Å²) < 4.78 is 4.94. The summed E-state index contributed by atoms with van der Waals surface area (Å²) in [6, 6.07) is 0. The number of carboxylic acids is 1. The molecule has 0 rings (SSSR count). The fourth-order valence-corrected chi connectivity index (χ4v) is 2.53. The first-order chi connectivity index (χ1) is 12.6. The van der Waals surface area contributed by atoms with E-state index < -0.39 is 5.97 Å². The smallest absolute Gasteiger partial charge is 0.330 e. The molecular weight excluding hydrogens is 328 g/mol. The summed E-state index contributed by atoms with van der Waals surface area (Å²) in [6.45, 7) is 9.15. The minimum Gasteiger partial charge on any atom is -0.478 e. The first-order valence-electron chi connectivity index (χ1n) is 10.2. The van der Waals surface area contributed by atoms with Crippen molar-refractivity contribution in [2.45, 2.75) is 96.8 Å². The van der Waals surface area contributed by atoms with Crippen LogP contribution in [0.1, 0.15) is 96.8 Å². The molecule has 1 N–H and O–H groups in total. The van der Waals surface area contributed by atoms with E-state index in [1.54, 1.807) is 0 Å². The number of carboxylic acid groups (broad SMARTS) is 1. The Kier molecular flexibility index (Phi) is 24.0. The lowest BCUT2D eigenvalue weighted by molar-refractivity contribution is -0.138. The van der Waals surface area contributed by atoms with Gasteiger partial charge in [-0.15, -0.1) is 0 Å². The van der Waals surface area contributed by atoms with Crippen molar-refractivity contribution in [2.75, 3.05) is 6.61 Å². The number of hydrogen-bond acceptors (Lipinski definition) is 3. The molecule has 0 radical (unpaired) electrons. The third kappa shape index (κ3) is 27.3. The molecule has 26 heavy (non-hydrogen) atoms. The van der Waals surface area contributed by atoms with Crippen molar-refractivity contribution in [1.29, 1.82) is 0 Å². The number of aliphatic carboxylic acids is 1. The maximum Gasteiger partial charge on any atom is 0.330 e. The van der Waals surface area contributed by atoms with Crippen molar-refractivity contribution in [3.63, 3.8) is 0 Å². The summed E-state index contributed by atoms with van der Waals surface area (Å²) in [4.78, 5) is 20.1. The average molecular weight is 369 g/mol. The van der Waals surface area contributed by atoms with Crippen LogP contribution in [0.4, 0.5) is 0 Å². The van der Waals surface area contributed by atoms with E-state index in [2.05, 4.69) is 20.1 Å². The second-order valence-electron chi connectivity index (χ2n) is 6.51. The quantitative estimate of drug-likeness (QED) is 0.182. The van der Waals surface area contributed by atoms with Gasteiger partial charge in [-0.3, -0.25) is 0 Å². The fourth-order valence-electron chi connectivity index (χ4n) is 2.53. The number of hydrogen-bond donors (Lipinski definition) is 1. The maximum absolute atomic E-state index is 10.8. The van der Waals surface area contributed by atoms with Gasteiger partial charge in [0.25, 0.3) is 0 Å². The Bertz CT molecular complexity index is 350. The van der Waals surface area contributed by atoms with Gasteiger partial charge < -0.3 is 9.84 Å². The lowest BCUT2D eigenvalue weighted by Gasteiger charge is -2.03. The van der Waals surface area contributed by atoms with E-state index in [9.17, 15) is 9.59 Å². The Balaban J connectivity index is 0. The molecule has 152 valence electrons. The molecule has 0 saturated carbocycles. The van der Waals surface area contributed by atoms with Gasteiger partial charge in [-0.25, -0.2) is 9.59 Å². The molecular formula is C22H40O4. The van der Waals surface area contributed by atoms with Gasteiger partial charge in [-0.05, 0) is 6.42 Å². The van der Waals surface area contributed by atoms with E-state index in [1.807, 2.05) is 0 Å². The normalized spacial score (nSPS) is 9.73. The van der Waals surface area contributed by atoms with Crippen LogP contribution in [-0.4, -0.2) is 23.7 Å². The molecule has 0 fully saturated rings. The Morgan fingerprint density at radius 2 is 1.08 bits per heavy atom. The molecule has 0 unspecified atom stereocenters. The number of carbonyl (C=O) groups is 2. The highest BCUT2D eigenvalue weighted by Gasteiger charge is 1.96. The Morgan fingerprint density at radius 1 is 0.731 bits per heavy atom.